The number of nitrogens with two attached hydrogens (primary N) is 1. The van der Waals surface area contributed by atoms with Crippen LogP contribution in [0.5, 0.6) is 0 Å². The van der Waals surface area contributed by atoms with Crippen molar-refractivity contribution < 1.29 is 9.59 Å². The topological polar surface area (TPSA) is 102 Å². The minimum Gasteiger partial charge on any atom is -0.366 e. The number of primary amides is 1. The van der Waals surface area contributed by atoms with Crippen molar-refractivity contribution in [3.63, 3.8) is 0 Å². The Labute approximate surface area is 122 Å². The first-order valence-electron chi connectivity index (χ1n) is 6.42. The Morgan fingerprint density at radius 1 is 1.24 bits per heavy atom. The zero-order valence-corrected chi connectivity index (χ0v) is 11.8. The first-order chi connectivity index (χ1) is 9.95. The summed E-state index contributed by atoms with van der Waals surface area (Å²) in [4.78, 5) is 23.0. The number of amides is 2. The lowest BCUT2D eigenvalue weighted by atomic mass is 10.2. The van der Waals surface area contributed by atoms with Crippen molar-refractivity contribution in [1.29, 1.82) is 0 Å². The molecule has 1 atom stereocenters. The van der Waals surface area contributed by atoms with Gasteiger partial charge in [0, 0.05) is 30.6 Å². The molecule has 0 spiro atoms. The van der Waals surface area contributed by atoms with Gasteiger partial charge >= 0.3 is 0 Å². The van der Waals surface area contributed by atoms with E-state index in [1.54, 1.807) is 55.2 Å². The van der Waals surface area contributed by atoms with Crippen LogP contribution in [0.2, 0.25) is 0 Å². The van der Waals surface area contributed by atoms with E-state index in [9.17, 15) is 9.59 Å². The highest BCUT2D eigenvalue weighted by atomic mass is 16.2. The molecule has 1 aromatic carbocycles. The molecule has 0 saturated heterocycles. The normalized spacial score (nSPS) is 11.7. The van der Waals surface area contributed by atoms with E-state index in [2.05, 4.69) is 15.7 Å². The molecule has 4 N–H and O–H groups in total. The summed E-state index contributed by atoms with van der Waals surface area (Å²) in [6, 6.07) is 7.72. The molecule has 0 aliphatic heterocycles. The fraction of sp³-hybridized carbons (Fsp3) is 0.214. The lowest BCUT2D eigenvalue weighted by Crippen LogP contribution is -2.32. The number of benzene rings is 1. The standard InChI is InChI=1S/C14H17N5O2/c1-9(16-12-7-8-19(2)18-12)14(21)17-11-5-3-10(4-6-11)13(15)20/h3-9H,1-2H3,(H2,15,20)(H,16,18)(H,17,21). The summed E-state index contributed by atoms with van der Waals surface area (Å²) in [5.41, 5.74) is 6.15. The van der Waals surface area contributed by atoms with Gasteiger partial charge in [0.1, 0.15) is 11.9 Å². The van der Waals surface area contributed by atoms with Crippen LogP contribution in [0.25, 0.3) is 0 Å². The summed E-state index contributed by atoms with van der Waals surface area (Å²) < 4.78 is 1.65. The maximum Gasteiger partial charge on any atom is 0.248 e. The molecule has 7 nitrogen and oxygen atoms in total. The van der Waals surface area contributed by atoms with Gasteiger partial charge in [0.25, 0.3) is 0 Å². The fourth-order valence-corrected chi connectivity index (χ4v) is 1.75. The average Bonchev–Trinajstić information content (AvgIpc) is 2.84. The van der Waals surface area contributed by atoms with E-state index in [1.165, 1.54) is 0 Å². The lowest BCUT2D eigenvalue weighted by Gasteiger charge is -2.13. The third-order valence-electron chi connectivity index (χ3n) is 2.91. The van der Waals surface area contributed by atoms with Crippen LogP contribution in [0.3, 0.4) is 0 Å². The van der Waals surface area contributed by atoms with Gasteiger partial charge in [0.2, 0.25) is 11.8 Å². The van der Waals surface area contributed by atoms with Gasteiger partial charge < -0.3 is 16.4 Å². The smallest absolute Gasteiger partial charge is 0.248 e. The molecule has 0 aliphatic carbocycles. The van der Waals surface area contributed by atoms with Crippen LogP contribution in [0.1, 0.15) is 17.3 Å². The Balaban J connectivity index is 1.95. The predicted octanol–water partition coefficient (Wildman–Crippen LogP) is 0.958. The molecule has 2 aromatic rings. The van der Waals surface area contributed by atoms with Crippen LogP contribution in [-0.2, 0) is 11.8 Å². The number of aryl methyl sites for hydroxylation is 1. The highest BCUT2D eigenvalue weighted by Gasteiger charge is 2.14. The van der Waals surface area contributed by atoms with Gasteiger partial charge in [0.05, 0.1) is 0 Å². The minimum absolute atomic E-state index is 0.201. The molecule has 110 valence electrons. The van der Waals surface area contributed by atoms with Gasteiger partial charge in [-0.3, -0.25) is 14.3 Å². The van der Waals surface area contributed by atoms with Gasteiger partial charge in [-0.25, -0.2) is 0 Å². The number of anilines is 2. The highest BCUT2D eigenvalue weighted by Crippen LogP contribution is 2.11. The number of aromatic nitrogens is 2. The molecule has 0 radical (unpaired) electrons. The first kappa shape index (κ1) is 14.6. The summed E-state index contributed by atoms with van der Waals surface area (Å²) in [6.07, 6.45) is 1.79. The van der Waals surface area contributed by atoms with Crippen LogP contribution in [-0.4, -0.2) is 27.6 Å². The van der Waals surface area contributed by atoms with Crippen molar-refractivity contribution in [3.8, 4) is 0 Å². The van der Waals surface area contributed by atoms with Crippen LogP contribution >= 0.6 is 0 Å². The Morgan fingerprint density at radius 3 is 2.43 bits per heavy atom. The molecule has 1 unspecified atom stereocenters. The van der Waals surface area contributed by atoms with Crippen molar-refractivity contribution in [2.75, 3.05) is 10.6 Å². The molecule has 2 rings (SSSR count). The zero-order chi connectivity index (χ0) is 15.4. The maximum atomic E-state index is 12.0. The molecule has 2 amide bonds. The molecule has 21 heavy (non-hydrogen) atoms. The molecule has 0 aliphatic rings. The van der Waals surface area contributed by atoms with Crippen molar-refractivity contribution >= 4 is 23.3 Å². The molecular formula is C14H17N5O2. The lowest BCUT2D eigenvalue weighted by molar-refractivity contribution is -0.116. The largest absolute Gasteiger partial charge is 0.366 e. The van der Waals surface area contributed by atoms with Crippen molar-refractivity contribution in [2.24, 2.45) is 12.8 Å². The van der Waals surface area contributed by atoms with Crippen LogP contribution in [0.4, 0.5) is 11.5 Å². The third-order valence-corrected chi connectivity index (χ3v) is 2.91. The number of rotatable bonds is 5. The number of carbonyl (C=O) groups excluding carboxylic acids is 2. The Bertz CT molecular complexity index is 648. The van der Waals surface area contributed by atoms with E-state index in [1.807, 2.05) is 0 Å². The summed E-state index contributed by atoms with van der Waals surface area (Å²) in [5, 5.41) is 9.89. The van der Waals surface area contributed by atoms with E-state index >= 15 is 0 Å². The number of nitrogens with one attached hydrogen (secondary N) is 2. The van der Waals surface area contributed by atoms with Gasteiger partial charge in [-0.05, 0) is 31.2 Å². The van der Waals surface area contributed by atoms with E-state index < -0.39 is 11.9 Å². The number of nitrogens with zero attached hydrogens (tertiary/aromatic N) is 2. The predicted molar refractivity (Wildman–Crippen MR) is 79.9 cm³/mol. The van der Waals surface area contributed by atoms with Crippen LogP contribution in [0, 0.1) is 0 Å². The first-order valence-corrected chi connectivity index (χ1v) is 6.42. The molecule has 1 aromatic heterocycles. The molecule has 0 bridgehead atoms. The van der Waals surface area contributed by atoms with Crippen LogP contribution in [0.15, 0.2) is 36.5 Å². The van der Waals surface area contributed by atoms with Gasteiger partial charge in [-0.15, -0.1) is 0 Å². The van der Waals surface area contributed by atoms with Crippen LogP contribution < -0.4 is 16.4 Å². The third kappa shape index (κ3) is 3.82. The number of hydrogen-bond acceptors (Lipinski definition) is 4. The van der Waals surface area contributed by atoms with E-state index in [-0.39, 0.29) is 5.91 Å². The van der Waals surface area contributed by atoms with Gasteiger partial charge in [-0.1, -0.05) is 0 Å². The summed E-state index contributed by atoms with van der Waals surface area (Å²) in [7, 11) is 1.80. The molecule has 7 heteroatoms. The van der Waals surface area contributed by atoms with Crippen molar-refractivity contribution in [2.45, 2.75) is 13.0 Å². The summed E-state index contributed by atoms with van der Waals surface area (Å²) >= 11 is 0. The van der Waals surface area contributed by atoms with E-state index in [4.69, 9.17) is 5.73 Å². The van der Waals surface area contributed by atoms with Gasteiger partial charge in [0.15, 0.2) is 0 Å². The van der Waals surface area contributed by atoms with E-state index in [0.717, 1.165) is 0 Å². The number of carbonyl (C=O) groups is 2. The monoisotopic (exact) mass is 287 g/mol. The van der Waals surface area contributed by atoms with Crippen molar-refractivity contribution in [1.82, 2.24) is 9.78 Å². The molecular weight excluding hydrogens is 270 g/mol. The Hall–Kier alpha value is -2.83. The maximum absolute atomic E-state index is 12.0. The second kappa shape index (κ2) is 6.08. The SMILES string of the molecule is CC(Nc1ccn(C)n1)C(=O)Nc1ccc(C(N)=O)cc1. The number of hydrogen-bond donors (Lipinski definition) is 3. The van der Waals surface area contributed by atoms with E-state index in [0.29, 0.717) is 17.1 Å². The molecule has 0 saturated carbocycles. The summed E-state index contributed by atoms with van der Waals surface area (Å²) in [6.45, 7) is 1.74. The Kier molecular flexibility index (Phi) is 4.22. The quantitative estimate of drug-likeness (QED) is 0.762. The highest BCUT2D eigenvalue weighted by molar-refractivity contribution is 5.97. The fourth-order valence-electron chi connectivity index (χ4n) is 1.75. The van der Waals surface area contributed by atoms with Gasteiger partial charge in [-0.2, -0.15) is 5.10 Å². The van der Waals surface area contributed by atoms with Crippen molar-refractivity contribution in [3.05, 3.63) is 42.1 Å². The Morgan fingerprint density at radius 2 is 1.90 bits per heavy atom. The zero-order valence-electron chi connectivity index (χ0n) is 11.8. The average molecular weight is 287 g/mol. The minimum atomic E-state index is -0.502. The second-order valence-corrected chi connectivity index (χ2v) is 4.67. The molecule has 1 heterocycles. The summed E-state index contributed by atoms with van der Waals surface area (Å²) in [5.74, 6) is -0.0743. The second-order valence-electron chi connectivity index (χ2n) is 4.67. The molecule has 0 fully saturated rings.